The lowest BCUT2D eigenvalue weighted by atomic mass is 9.86. The molecule has 2 rings (SSSR count). The molecule has 0 saturated heterocycles. The molecule has 6 nitrogen and oxygen atoms in total. The third-order valence-electron chi connectivity index (χ3n) is 3.91. The van der Waals surface area contributed by atoms with Crippen molar-refractivity contribution in [1.82, 2.24) is 0 Å². The summed E-state index contributed by atoms with van der Waals surface area (Å²) in [6.45, 7) is 3.58. The van der Waals surface area contributed by atoms with Gasteiger partial charge in [-0.3, -0.25) is 0 Å². The summed E-state index contributed by atoms with van der Waals surface area (Å²) in [5, 5.41) is 28.9. The van der Waals surface area contributed by atoms with Crippen molar-refractivity contribution in [3.05, 3.63) is 46.0 Å². The van der Waals surface area contributed by atoms with Crippen LogP contribution in [0.3, 0.4) is 0 Å². The first kappa shape index (κ1) is 16.5. The van der Waals surface area contributed by atoms with E-state index in [-0.39, 0.29) is 22.1 Å². The van der Waals surface area contributed by atoms with Gasteiger partial charge in [-0.15, -0.1) is 0 Å². The maximum Gasteiger partial charge on any atom is 0.337 e. The maximum atomic E-state index is 11.6. The summed E-state index contributed by atoms with van der Waals surface area (Å²) in [6.07, 6.45) is 0.821. The van der Waals surface area contributed by atoms with Crippen LogP contribution in [0, 0.1) is 0 Å². The summed E-state index contributed by atoms with van der Waals surface area (Å²) in [4.78, 5) is 34.5. The Morgan fingerprint density at radius 2 is 1.35 bits per heavy atom. The predicted molar refractivity (Wildman–Crippen MR) is 83.6 cm³/mol. The van der Waals surface area contributed by atoms with Gasteiger partial charge in [-0.05, 0) is 46.9 Å². The Balaban J connectivity index is 3.10. The fourth-order valence-corrected chi connectivity index (χ4v) is 3.00. The monoisotopic (exact) mass is 316 g/mol. The zero-order chi connectivity index (χ0) is 17.3. The second-order valence-electron chi connectivity index (χ2n) is 5.09. The van der Waals surface area contributed by atoms with Crippen molar-refractivity contribution in [3.8, 4) is 0 Å². The van der Waals surface area contributed by atoms with Crippen LogP contribution in [0.1, 0.15) is 56.0 Å². The lowest BCUT2D eigenvalue weighted by Crippen LogP contribution is -2.15. The molecule has 2 aromatic rings. The van der Waals surface area contributed by atoms with Gasteiger partial charge in [0.25, 0.3) is 0 Å². The fraction of sp³-hybridized carbons (Fsp3) is 0.235. The van der Waals surface area contributed by atoms with Gasteiger partial charge in [0.15, 0.2) is 0 Å². The Morgan fingerprint density at radius 3 is 1.78 bits per heavy atom. The first-order chi connectivity index (χ1) is 10.8. The number of rotatable bonds is 5. The number of carboxylic acids is 3. The lowest BCUT2D eigenvalue weighted by Gasteiger charge is -2.17. The van der Waals surface area contributed by atoms with Gasteiger partial charge in [0.1, 0.15) is 0 Å². The van der Waals surface area contributed by atoms with Crippen LogP contribution >= 0.6 is 0 Å². The molecule has 0 heterocycles. The van der Waals surface area contributed by atoms with E-state index in [0.717, 1.165) is 0 Å². The van der Waals surface area contributed by atoms with Crippen molar-refractivity contribution in [2.24, 2.45) is 0 Å². The first-order valence-electron chi connectivity index (χ1n) is 7.14. The number of carbonyl (C=O) groups is 3. The third-order valence-corrected chi connectivity index (χ3v) is 3.91. The van der Waals surface area contributed by atoms with Crippen molar-refractivity contribution in [2.45, 2.75) is 26.7 Å². The highest BCUT2D eigenvalue weighted by Crippen LogP contribution is 2.32. The van der Waals surface area contributed by atoms with Crippen molar-refractivity contribution >= 4 is 28.7 Å². The quantitative estimate of drug-likeness (QED) is 0.781. The molecule has 0 amide bonds. The van der Waals surface area contributed by atoms with Gasteiger partial charge in [0, 0.05) is 0 Å². The lowest BCUT2D eigenvalue weighted by molar-refractivity contribution is 0.0652. The molecule has 0 saturated carbocycles. The highest BCUT2D eigenvalue weighted by Gasteiger charge is 2.26. The predicted octanol–water partition coefficient (Wildman–Crippen LogP) is 3.06. The van der Waals surface area contributed by atoms with Crippen LogP contribution in [0.5, 0.6) is 0 Å². The van der Waals surface area contributed by atoms with E-state index >= 15 is 0 Å². The average molecular weight is 316 g/mol. The van der Waals surface area contributed by atoms with Crippen LogP contribution in [0.25, 0.3) is 10.8 Å². The normalized spacial score (nSPS) is 10.7. The Hall–Kier alpha value is -2.89. The molecule has 0 aliphatic rings. The number of hydrogen-bond acceptors (Lipinski definition) is 3. The number of aryl methyl sites for hydroxylation is 1. The van der Waals surface area contributed by atoms with E-state index in [1.54, 1.807) is 6.92 Å². The number of benzene rings is 2. The third kappa shape index (κ3) is 2.63. The van der Waals surface area contributed by atoms with Crippen LogP contribution in [0.15, 0.2) is 18.2 Å². The summed E-state index contributed by atoms with van der Waals surface area (Å²) in [5.74, 6) is -3.75. The van der Waals surface area contributed by atoms with Crippen LogP contribution in [-0.4, -0.2) is 33.2 Å². The zero-order valence-electron chi connectivity index (χ0n) is 12.7. The van der Waals surface area contributed by atoms with Gasteiger partial charge >= 0.3 is 17.9 Å². The van der Waals surface area contributed by atoms with Crippen LogP contribution in [0.2, 0.25) is 0 Å². The molecular formula is C17H16O6. The first-order valence-corrected chi connectivity index (χ1v) is 7.14. The summed E-state index contributed by atoms with van der Waals surface area (Å²) >= 11 is 0. The highest BCUT2D eigenvalue weighted by molar-refractivity contribution is 6.14. The zero-order valence-corrected chi connectivity index (χ0v) is 12.7. The Labute approximate surface area is 132 Å². The van der Waals surface area contributed by atoms with E-state index in [9.17, 15) is 24.6 Å². The van der Waals surface area contributed by atoms with Gasteiger partial charge in [0.2, 0.25) is 0 Å². The molecule has 0 fully saturated rings. The van der Waals surface area contributed by atoms with E-state index in [1.807, 2.05) is 6.92 Å². The van der Waals surface area contributed by atoms with Gasteiger partial charge in [-0.1, -0.05) is 19.9 Å². The largest absolute Gasteiger partial charge is 0.478 e. The van der Waals surface area contributed by atoms with E-state index < -0.39 is 17.9 Å². The Bertz CT molecular complexity index is 835. The van der Waals surface area contributed by atoms with Crippen LogP contribution < -0.4 is 0 Å². The van der Waals surface area contributed by atoms with Gasteiger partial charge in [-0.2, -0.15) is 0 Å². The van der Waals surface area contributed by atoms with Crippen molar-refractivity contribution in [3.63, 3.8) is 0 Å². The Morgan fingerprint density at radius 1 is 0.783 bits per heavy atom. The van der Waals surface area contributed by atoms with Gasteiger partial charge in [-0.25, -0.2) is 14.4 Å². The fourth-order valence-electron chi connectivity index (χ4n) is 3.00. The van der Waals surface area contributed by atoms with Gasteiger partial charge < -0.3 is 15.3 Å². The molecule has 6 heteroatoms. The standard InChI is InChI=1S/C17H16O6/c1-3-9-10(4-2)13(16(20)21)14(17(22)23)11-6-5-8(15(18)19)7-12(9)11/h5-7H,3-4H2,1-2H3,(H,18,19)(H,20,21)(H,22,23). The van der Waals surface area contributed by atoms with Crippen molar-refractivity contribution in [2.75, 3.05) is 0 Å². The molecule has 23 heavy (non-hydrogen) atoms. The minimum Gasteiger partial charge on any atom is -0.478 e. The molecule has 0 bridgehead atoms. The number of aromatic carboxylic acids is 3. The van der Waals surface area contributed by atoms with E-state index in [1.165, 1.54) is 18.2 Å². The van der Waals surface area contributed by atoms with E-state index in [4.69, 9.17) is 5.11 Å². The molecule has 120 valence electrons. The topological polar surface area (TPSA) is 112 Å². The molecular weight excluding hydrogens is 300 g/mol. The number of hydrogen-bond donors (Lipinski definition) is 3. The van der Waals surface area contributed by atoms with E-state index in [2.05, 4.69) is 0 Å². The second kappa shape index (κ2) is 6.08. The maximum absolute atomic E-state index is 11.6. The van der Waals surface area contributed by atoms with Crippen LogP contribution in [-0.2, 0) is 12.8 Å². The molecule has 2 aromatic carbocycles. The molecule has 0 atom stereocenters. The smallest absolute Gasteiger partial charge is 0.337 e. The molecule has 0 radical (unpaired) electrons. The summed E-state index contributed by atoms with van der Waals surface area (Å²) < 4.78 is 0. The highest BCUT2D eigenvalue weighted by atomic mass is 16.4. The second-order valence-corrected chi connectivity index (χ2v) is 5.09. The van der Waals surface area contributed by atoms with Gasteiger partial charge in [0.05, 0.1) is 16.7 Å². The molecule has 0 aromatic heterocycles. The molecule has 0 spiro atoms. The minimum absolute atomic E-state index is 0.0358. The summed E-state index contributed by atoms with van der Waals surface area (Å²) in [5.41, 5.74) is 0.639. The molecule has 0 unspecified atom stereocenters. The number of fused-ring (bicyclic) bond motifs is 1. The van der Waals surface area contributed by atoms with Crippen molar-refractivity contribution in [1.29, 1.82) is 0 Å². The molecule has 3 N–H and O–H groups in total. The Kier molecular flexibility index (Phi) is 4.36. The average Bonchev–Trinajstić information content (AvgIpc) is 2.50. The number of carboxylic acid groups (broad SMARTS) is 3. The minimum atomic E-state index is -1.34. The van der Waals surface area contributed by atoms with Crippen molar-refractivity contribution < 1.29 is 29.7 Å². The summed E-state index contributed by atoms with van der Waals surface area (Å²) in [7, 11) is 0. The molecule has 0 aliphatic heterocycles. The van der Waals surface area contributed by atoms with Crippen LogP contribution in [0.4, 0.5) is 0 Å². The van der Waals surface area contributed by atoms with E-state index in [0.29, 0.717) is 29.4 Å². The SMILES string of the molecule is CCc1c(C(=O)O)c(C(=O)O)c2ccc(C(=O)O)cc2c1CC. The summed E-state index contributed by atoms with van der Waals surface area (Å²) in [6, 6.07) is 4.06. The molecule has 0 aliphatic carbocycles.